The predicted octanol–water partition coefficient (Wildman–Crippen LogP) is 5.28. The van der Waals surface area contributed by atoms with Crippen LogP contribution < -0.4 is 0 Å². The van der Waals surface area contributed by atoms with E-state index in [9.17, 15) is 23.2 Å². The van der Waals surface area contributed by atoms with Gasteiger partial charge in [0.05, 0.1) is 19.8 Å². The van der Waals surface area contributed by atoms with E-state index in [0.717, 1.165) is 19.3 Å². The summed E-state index contributed by atoms with van der Waals surface area (Å²) < 4.78 is 32.9. The van der Waals surface area contributed by atoms with Crippen LogP contribution in [0.2, 0.25) is 0 Å². The molecule has 0 fully saturated rings. The Morgan fingerprint density at radius 1 is 0.613 bits per heavy atom. The van der Waals surface area contributed by atoms with E-state index in [2.05, 4.69) is 6.92 Å². The smallest absolute Gasteiger partial charge is 0.319 e. The highest BCUT2D eigenvalue weighted by Gasteiger charge is 2.40. The van der Waals surface area contributed by atoms with Crippen LogP contribution in [0.15, 0.2) is 0 Å². The van der Waals surface area contributed by atoms with Crippen molar-refractivity contribution in [1.82, 2.24) is 0 Å². The van der Waals surface area contributed by atoms with Crippen molar-refractivity contribution in [3.8, 4) is 0 Å². The predicted molar refractivity (Wildman–Crippen MR) is 130 cm³/mol. The summed E-state index contributed by atoms with van der Waals surface area (Å²) in [6.07, 6.45) is 20.5. The highest BCUT2D eigenvalue weighted by molar-refractivity contribution is 7.86. The van der Waals surface area contributed by atoms with Crippen LogP contribution in [0.5, 0.6) is 0 Å². The van der Waals surface area contributed by atoms with Crippen LogP contribution in [0, 0.1) is 0 Å². The first-order valence-electron chi connectivity index (χ1n) is 12.9. The van der Waals surface area contributed by atoms with Crippen LogP contribution in [-0.2, 0) is 10.1 Å². The monoisotopic (exact) mass is 466 g/mol. The molecule has 6 nitrogen and oxygen atoms in total. The van der Waals surface area contributed by atoms with Crippen molar-refractivity contribution >= 4 is 10.1 Å². The van der Waals surface area contributed by atoms with E-state index in [1.54, 1.807) is 0 Å². The van der Waals surface area contributed by atoms with E-state index in [4.69, 9.17) is 0 Å². The lowest BCUT2D eigenvalue weighted by Gasteiger charge is -2.41. The van der Waals surface area contributed by atoms with Gasteiger partial charge in [-0.3, -0.25) is 4.55 Å². The molecule has 0 heterocycles. The Bertz CT molecular complexity index is 492. The van der Waals surface area contributed by atoms with Crippen molar-refractivity contribution in [3.05, 3.63) is 0 Å². The fourth-order valence-corrected chi connectivity index (χ4v) is 5.42. The molecule has 7 heteroatoms. The molecule has 0 radical (unpaired) electrons. The molecule has 0 amide bonds. The number of quaternary nitrogens is 1. The average Bonchev–Trinajstić information content (AvgIpc) is 2.72. The Labute approximate surface area is 192 Å². The van der Waals surface area contributed by atoms with Crippen LogP contribution in [0.1, 0.15) is 117 Å². The molecule has 1 atom stereocenters. The first-order valence-corrected chi connectivity index (χ1v) is 14.4. The number of aliphatic hydroxyl groups excluding tert-OH is 2. The van der Waals surface area contributed by atoms with Gasteiger partial charge in [-0.1, -0.05) is 96.8 Å². The molecular formula is C24H52NO5S+. The van der Waals surface area contributed by atoms with Gasteiger partial charge in [-0.2, -0.15) is 8.42 Å². The summed E-state index contributed by atoms with van der Waals surface area (Å²) in [6, 6.07) is 0. The standard InChI is InChI=1S/C24H51NO5S/c1-3-4-5-6-7-8-9-10-11-12-13-14-15-16-17-18-19-25(20-22-26,21-23-27)24(2)31(28,29)30/h24,26-27H,3-23H2,1-2H3/p+1. The Balaban J connectivity index is 3.84. The second kappa shape index (κ2) is 19.3. The molecule has 0 aromatic heterocycles. The summed E-state index contributed by atoms with van der Waals surface area (Å²) >= 11 is 0. The van der Waals surface area contributed by atoms with Crippen LogP contribution in [-0.4, -0.2) is 65.9 Å². The molecule has 0 bridgehead atoms. The molecule has 0 saturated heterocycles. The Kier molecular flexibility index (Phi) is 19.1. The maximum Gasteiger partial charge on any atom is 0.319 e. The van der Waals surface area contributed by atoms with E-state index >= 15 is 0 Å². The molecule has 0 spiro atoms. The summed E-state index contributed by atoms with van der Waals surface area (Å²) in [6.45, 7) is 4.38. The van der Waals surface area contributed by atoms with Gasteiger partial charge in [0, 0.05) is 6.92 Å². The van der Waals surface area contributed by atoms with E-state index in [0.29, 0.717) is 6.54 Å². The van der Waals surface area contributed by atoms with Crippen molar-refractivity contribution in [1.29, 1.82) is 0 Å². The molecule has 0 aromatic carbocycles. The van der Waals surface area contributed by atoms with Crippen LogP contribution in [0.4, 0.5) is 0 Å². The van der Waals surface area contributed by atoms with E-state index < -0.39 is 15.5 Å². The molecule has 0 rings (SSSR count). The molecule has 0 saturated carbocycles. The van der Waals surface area contributed by atoms with Crippen LogP contribution in [0.3, 0.4) is 0 Å². The summed E-state index contributed by atoms with van der Waals surface area (Å²) in [5.41, 5.74) is 0. The third-order valence-electron chi connectivity index (χ3n) is 6.75. The fourth-order valence-electron chi connectivity index (χ4n) is 4.54. The number of hydrogen-bond acceptors (Lipinski definition) is 4. The second-order valence-corrected chi connectivity index (χ2v) is 11.0. The quantitative estimate of drug-likeness (QED) is 0.108. The van der Waals surface area contributed by atoms with Gasteiger partial charge in [0.25, 0.3) is 0 Å². The lowest BCUT2D eigenvalue weighted by atomic mass is 10.0. The maximum absolute atomic E-state index is 11.7. The van der Waals surface area contributed by atoms with Gasteiger partial charge in [-0.15, -0.1) is 0 Å². The van der Waals surface area contributed by atoms with Gasteiger partial charge >= 0.3 is 10.1 Å². The first kappa shape index (κ1) is 30.8. The highest BCUT2D eigenvalue weighted by atomic mass is 32.2. The number of unbranched alkanes of at least 4 members (excludes halogenated alkanes) is 15. The first-order chi connectivity index (χ1) is 14.8. The molecular weight excluding hydrogens is 414 g/mol. The van der Waals surface area contributed by atoms with E-state index in [-0.39, 0.29) is 30.8 Å². The molecule has 1 unspecified atom stereocenters. The minimum absolute atomic E-state index is 0.0183. The Morgan fingerprint density at radius 2 is 0.935 bits per heavy atom. The van der Waals surface area contributed by atoms with Crippen molar-refractivity contribution in [3.63, 3.8) is 0 Å². The van der Waals surface area contributed by atoms with Gasteiger partial charge in [0.15, 0.2) is 0 Å². The molecule has 31 heavy (non-hydrogen) atoms. The second-order valence-electron chi connectivity index (χ2n) is 9.25. The number of rotatable bonds is 23. The summed E-state index contributed by atoms with van der Waals surface area (Å²) in [5.74, 6) is 0. The minimum atomic E-state index is -4.23. The van der Waals surface area contributed by atoms with Crippen LogP contribution in [0.25, 0.3) is 0 Å². The molecule has 188 valence electrons. The third-order valence-corrected chi connectivity index (χ3v) is 8.06. The number of aliphatic hydroxyl groups is 2. The van der Waals surface area contributed by atoms with E-state index in [1.165, 1.54) is 90.4 Å². The zero-order valence-corrected chi connectivity index (χ0v) is 21.3. The van der Waals surface area contributed by atoms with Gasteiger partial charge in [0.2, 0.25) is 5.37 Å². The summed E-state index contributed by atoms with van der Waals surface area (Å²) in [4.78, 5) is 0. The topological polar surface area (TPSA) is 94.8 Å². The average molecular weight is 467 g/mol. The largest absolute Gasteiger partial charge is 0.391 e. The summed E-state index contributed by atoms with van der Waals surface area (Å²) in [5, 5.41) is 17.8. The lowest BCUT2D eigenvalue weighted by molar-refractivity contribution is -0.937. The molecule has 0 aromatic rings. The lowest BCUT2D eigenvalue weighted by Crippen LogP contribution is -2.60. The highest BCUT2D eigenvalue weighted by Crippen LogP contribution is 2.21. The van der Waals surface area contributed by atoms with Crippen molar-refractivity contribution in [2.24, 2.45) is 0 Å². The molecule has 0 aliphatic heterocycles. The summed E-state index contributed by atoms with van der Waals surface area (Å²) in [7, 11) is -4.23. The molecule has 0 aliphatic rings. The van der Waals surface area contributed by atoms with E-state index in [1.807, 2.05) is 0 Å². The fraction of sp³-hybridized carbons (Fsp3) is 1.00. The van der Waals surface area contributed by atoms with Crippen molar-refractivity contribution in [2.45, 2.75) is 122 Å². The Morgan fingerprint density at radius 3 is 1.23 bits per heavy atom. The third kappa shape index (κ3) is 15.3. The maximum atomic E-state index is 11.7. The molecule has 3 N–H and O–H groups in total. The normalized spacial score (nSPS) is 13.6. The Hall–Kier alpha value is -0.210. The number of hydrogen-bond donors (Lipinski definition) is 3. The van der Waals surface area contributed by atoms with Gasteiger partial charge in [-0.25, -0.2) is 0 Å². The molecule has 0 aliphatic carbocycles. The zero-order valence-electron chi connectivity index (χ0n) is 20.4. The van der Waals surface area contributed by atoms with Gasteiger partial charge < -0.3 is 14.7 Å². The minimum Gasteiger partial charge on any atom is -0.391 e. The van der Waals surface area contributed by atoms with Gasteiger partial charge in [-0.05, 0) is 12.8 Å². The number of nitrogens with zero attached hydrogens (tertiary/aromatic N) is 1. The SMILES string of the molecule is CCCCCCCCCCCCCCCCCC[N+](CCO)(CCO)C(C)S(=O)(=O)O. The van der Waals surface area contributed by atoms with Crippen LogP contribution >= 0.6 is 0 Å². The zero-order chi connectivity index (χ0) is 23.4. The van der Waals surface area contributed by atoms with Crippen molar-refractivity contribution < 1.29 is 27.7 Å². The van der Waals surface area contributed by atoms with Gasteiger partial charge in [0.1, 0.15) is 13.1 Å². The van der Waals surface area contributed by atoms with Crippen molar-refractivity contribution in [2.75, 3.05) is 32.8 Å².